The number of nitrogens with zero attached hydrogens (tertiary/aromatic N) is 1. The summed E-state index contributed by atoms with van der Waals surface area (Å²) < 4.78 is 1.05. The van der Waals surface area contributed by atoms with Crippen molar-refractivity contribution < 1.29 is 5.11 Å². The summed E-state index contributed by atoms with van der Waals surface area (Å²) in [6, 6.07) is 29.0. The second-order valence-corrected chi connectivity index (χ2v) is 8.53. The molecule has 0 aliphatic rings. The second kappa shape index (κ2) is 11.1. The van der Waals surface area contributed by atoms with Crippen LogP contribution in [0.2, 0.25) is 0 Å². The molecule has 0 fully saturated rings. The van der Waals surface area contributed by atoms with Gasteiger partial charge in [-0.15, -0.1) is 0 Å². The molecule has 2 nitrogen and oxygen atoms in total. The van der Waals surface area contributed by atoms with Crippen LogP contribution in [0.15, 0.2) is 97.6 Å². The summed E-state index contributed by atoms with van der Waals surface area (Å²) in [6.07, 6.45) is 1.98. The van der Waals surface area contributed by atoms with Gasteiger partial charge in [-0.1, -0.05) is 0 Å². The standard InChI is InChI=1S/C27H29NOSe/c1-3-10-25(26(29)24-17-15-21(2)16-18-24)27(30)28(19-22-11-6-4-7-12-22)20-23-13-8-5-9-14-23/h3-9,11-18,25-26,29H,1,10,19-20H2,2H3/t25-,26+/m1/s1. The first-order valence-electron chi connectivity index (χ1n) is 10.3. The van der Waals surface area contributed by atoms with Gasteiger partial charge in [0.2, 0.25) is 0 Å². The van der Waals surface area contributed by atoms with Gasteiger partial charge in [0.15, 0.2) is 0 Å². The van der Waals surface area contributed by atoms with Crippen LogP contribution in [0.5, 0.6) is 0 Å². The summed E-state index contributed by atoms with van der Waals surface area (Å²) in [5.74, 6) is -0.0855. The molecule has 0 saturated carbocycles. The molecule has 3 rings (SSSR count). The minimum atomic E-state index is -0.603. The number of aliphatic hydroxyl groups is 1. The number of benzene rings is 3. The summed E-state index contributed by atoms with van der Waals surface area (Å²) in [5.41, 5.74) is 4.60. The fourth-order valence-corrected chi connectivity index (χ4v) is 4.34. The number of allylic oxidation sites excluding steroid dienone is 1. The van der Waals surface area contributed by atoms with Gasteiger partial charge in [0, 0.05) is 0 Å². The van der Waals surface area contributed by atoms with Gasteiger partial charge >= 0.3 is 188 Å². The van der Waals surface area contributed by atoms with E-state index in [-0.39, 0.29) is 5.92 Å². The summed E-state index contributed by atoms with van der Waals surface area (Å²) in [7, 11) is 0. The molecule has 2 atom stereocenters. The molecule has 3 aromatic rings. The van der Waals surface area contributed by atoms with Crippen LogP contribution < -0.4 is 0 Å². The quantitative estimate of drug-likeness (QED) is 0.330. The van der Waals surface area contributed by atoms with Crippen LogP contribution in [-0.4, -0.2) is 30.1 Å². The van der Waals surface area contributed by atoms with E-state index in [0.29, 0.717) is 6.42 Å². The average molecular weight is 462 g/mol. The Bertz CT molecular complexity index is 896. The van der Waals surface area contributed by atoms with Crippen molar-refractivity contribution in [2.24, 2.45) is 5.92 Å². The second-order valence-electron chi connectivity index (χ2n) is 7.65. The van der Waals surface area contributed by atoms with E-state index in [1.807, 2.05) is 42.5 Å². The summed E-state index contributed by atoms with van der Waals surface area (Å²) in [4.78, 5) is 2.33. The molecule has 30 heavy (non-hydrogen) atoms. The predicted molar refractivity (Wildman–Crippen MR) is 127 cm³/mol. The van der Waals surface area contributed by atoms with E-state index < -0.39 is 6.10 Å². The van der Waals surface area contributed by atoms with Gasteiger partial charge in [-0.2, -0.15) is 0 Å². The van der Waals surface area contributed by atoms with Crippen molar-refractivity contribution in [2.45, 2.75) is 32.5 Å². The Morgan fingerprint density at radius 2 is 1.40 bits per heavy atom. The van der Waals surface area contributed by atoms with Crippen molar-refractivity contribution in [1.29, 1.82) is 0 Å². The molecule has 0 aliphatic heterocycles. The Morgan fingerprint density at radius 1 is 0.900 bits per heavy atom. The van der Waals surface area contributed by atoms with Crippen LogP contribution in [0.4, 0.5) is 0 Å². The van der Waals surface area contributed by atoms with Crippen molar-refractivity contribution in [2.75, 3.05) is 0 Å². The van der Waals surface area contributed by atoms with Gasteiger partial charge in [0.25, 0.3) is 0 Å². The summed E-state index contributed by atoms with van der Waals surface area (Å²) in [5, 5.41) is 11.2. The molecule has 0 radical (unpaired) electrons. The Kier molecular flexibility index (Phi) is 8.21. The summed E-state index contributed by atoms with van der Waals surface area (Å²) >= 11 is 3.30. The Balaban J connectivity index is 1.88. The van der Waals surface area contributed by atoms with Crippen molar-refractivity contribution >= 4 is 20.1 Å². The maximum atomic E-state index is 11.2. The van der Waals surface area contributed by atoms with Crippen LogP contribution in [0.1, 0.15) is 34.8 Å². The number of aryl methyl sites for hydroxylation is 1. The summed E-state index contributed by atoms with van der Waals surface area (Å²) in [6.45, 7) is 7.54. The van der Waals surface area contributed by atoms with Gasteiger partial charge in [-0.05, 0) is 0 Å². The normalized spacial score (nSPS) is 12.7. The van der Waals surface area contributed by atoms with Gasteiger partial charge in [-0.25, -0.2) is 0 Å². The molecule has 0 bridgehead atoms. The van der Waals surface area contributed by atoms with Crippen LogP contribution in [0.3, 0.4) is 0 Å². The molecule has 154 valence electrons. The molecule has 0 spiro atoms. The molecule has 0 amide bonds. The average Bonchev–Trinajstić information content (AvgIpc) is 2.78. The molecule has 3 aromatic carbocycles. The zero-order valence-electron chi connectivity index (χ0n) is 17.4. The van der Waals surface area contributed by atoms with Crippen LogP contribution >= 0.6 is 0 Å². The van der Waals surface area contributed by atoms with Gasteiger partial charge in [0.05, 0.1) is 0 Å². The number of aliphatic hydroxyl groups excluding tert-OH is 1. The number of hydrogen-bond acceptors (Lipinski definition) is 2. The topological polar surface area (TPSA) is 23.5 Å². The third-order valence-electron chi connectivity index (χ3n) is 5.28. The third kappa shape index (κ3) is 6.03. The minimum absolute atomic E-state index is 0.0855. The molecule has 0 aromatic heterocycles. The fourth-order valence-electron chi connectivity index (χ4n) is 3.59. The van der Waals surface area contributed by atoms with E-state index in [1.54, 1.807) is 0 Å². The third-order valence-corrected chi connectivity index (χ3v) is 6.46. The molecular weight excluding hydrogens is 433 g/mol. The first-order valence-corrected chi connectivity index (χ1v) is 11.2. The van der Waals surface area contributed by atoms with E-state index in [2.05, 4.69) is 82.5 Å². The number of hydrogen-bond donors (Lipinski definition) is 1. The Hall–Kier alpha value is -2.45. The molecular formula is C27H29NOSe. The zero-order chi connectivity index (χ0) is 21.3. The van der Waals surface area contributed by atoms with Crippen molar-refractivity contribution in [3.8, 4) is 0 Å². The van der Waals surface area contributed by atoms with Crippen LogP contribution in [0, 0.1) is 12.8 Å². The monoisotopic (exact) mass is 463 g/mol. The molecule has 0 heterocycles. The zero-order valence-corrected chi connectivity index (χ0v) is 19.2. The van der Waals surface area contributed by atoms with Gasteiger partial charge in [-0.3, -0.25) is 0 Å². The Labute approximate surface area is 188 Å². The molecule has 0 unspecified atom stereocenters. The van der Waals surface area contributed by atoms with Crippen LogP contribution in [-0.2, 0) is 13.1 Å². The van der Waals surface area contributed by atoms with Crippen LogP contribution in [0.25, 0.3) is 0 Å². The number of rotatable bonds is 10. The van der Waals surface area contributed by atoms with E-state index in [4.69, 9.17) is 0 Å². The van der Waals surface area contributed by atoms with Crippen molar-refractivity contribution in [3.63, 3.8) is 0 Å². The van der Waals surface area contributed by atoms with Crippen molar-refractivity contribution in [1.82, 2.24) is 4.90 Å². The first-order chi connectivity index (χ1) is 14.6. The van der Waals surface area contributed by atoms with E-state index in [9.17, 15) is 5.11 Å². The molecule has 3 heteroatoms. The molecule has 0 saturated heterocycles. The Morgan fingerprint density at radius 3 is 1.87 bits per heavy atom. The maximum absolute atomic E-state index is 11.2. The van der Waals surface area contributed by atoms with Gasteiger partial charge < -0.3 is 0 Å². The van der Waals surface area contributed by atoms with E-state index in [0.717, 1.165) is 23.2 Å². The van der Waals surface area contributed by atoms with Gasteiger partial charge in [0.1, 0.15) is 0 Å². The van der Waals surface area contributed by atoms with Crippen molar-refractivity contribution in [3.05, 3.63) is 120 Å². The molecule has 1 N–H and O–H groups in total. The van der Waals surface area contributed by atoms with E-state index >= 15 is 0 Å². The SMILES string of the molecule is C=CC[C@@H](C(=[Se])N(Cc1ccccc1)Cc1ccccc1)[C@@H](O)c1ccc(C)cc1. The first kappa shape index (κ1) is 22.2. The fraction of sp³-hybridized carbons (Fsp3) is 0.222. The van der Waals surface area contributed by atoms with E-state index in [1.165, 1.54) is 16.7 Å². The predicted octanol–water partition coefficient (Wildman–Crippen LogP) is 5.22. The molecule has 0 aliphatic carbocycles.